The van der Waals surface area contributed by atoms with Crippen molar-refractivity contribution >= 4 is 29.9 Å². The molecule has 1 aromatic heterocycles. The summed E-state index contributed by atoms with van der Waals surface area (Å²) in [6, 6.07) is 18.7. The van der Waals surface area contributed by atoms with Gasteiger partial charge in [0.15, 0.2) is 11.8 Å². The molecule has 0 spiro atoms. The van der Waals surface area contributed by atoms with Crippen molar-refractivity contribution in [1.82, 2.24) is 25.0 Å². The van der Waals surface area contributed by atoms with Gasteiger partial charge in [-0.1, -0.05) is 42.5 Å². The number of rotatable bonds is 3. The summed E-state index contributed by atoms with van der Waals surface area (Å²) in [4.78, 5) is 6.74. The molecule has 6 nitrogen and oxygen atoms in total. The van der Waals surface area contributed by atoms with Crippen LogP contribution in [0.5, 0.6) is 0 Å². The number of nitrogens with zero attached hydrogens (tertiary/aromatic N) is 5. The van der Waals surface area contributed by atoms with Gasteiger partial charge >= 0.3 is 0 Å². The Bertz CT molecular complexity index is 906. The second-order valence-corrected chi connectivity index (χ2v) is 6.29. The molecule has 2 heterocycles. The number of hydrogen-bond acceptors (Lipinski definition) is 3. The van der Waals surface area contributed by atoms with Gasteiger partial charge in [-0.25, -0.2) is 0 Å². The second kappa shape index (κ2) is 8.98. The number of nitrogens with one attached hydrogen (secondary N) is 1. The van der Waals surface area contributed by atoms with Crippen molar-refractivity contribution in [3.63, 3.8) is 0 Å². The highest BCUT2D eigenvalue weighted by Crippen LogP contribution is 2.18. The molecule has 0 unspecified atom stereocenters. The minimum atomic E-state index is 0. The number of aromatic nitrogens is 3. The van der Waals surface area contributed by atoms with Crippen LogP contribution in [0.3, 0.4) is 0 Å². The molecule has 1 aliphatic rings. The molecular formula is C20H23IN6. The average Bonchev–Trinajstić information content (AvgIpc) is 3.17. The molecule has 3 aromatic rings. The zero-order valence-electron chi connectivity index (χ0n) is 15.2. The van der Waals surface area contributed by atoms with Crippen LogP contribution in [0, 0.1) is 0 Å². The minimum Gasteiger partial charge on any atom is -0.349 e. The van der Waals surface area contributed by atoms with Crippen molar-refractivity contribution in [3.8, 4) is 5.69 Å². The number of benzene rings is 2. The van der Waals surface area contributed by atoms with Crippen LogP contribution in [0.4, 0.5) is 0 Å². The highest BCUT2D eigenvalue weighted by atomic mass is 127. The fraction of sp³-hybridized carbons (Fsp3) is 0.250. The van der Waals surface area contributed by atoms with Gasteiger partial charge in [0.2, 0.25) is 0 Å². The summed E-state index contributed by atoms with van der Waals surface area (Å²) in [6.45, 7) is 2.41. The summed E-state index contributed by atoms with van der Waals surface area (Å²) in [5.74, 6) is 1.75. The quantitative estimate of drug-likeness (QED) is 0.360. The third kappa shape index (κ3) is 4.29. The van der Waals surface area contributed by atoms with Crippen LogP contribution in [0.15, 0.2) is 65.9 Å². The van der Waals surface area contributed by atoms with E-state index in [9.17, 15) is 0 Å². The molecule has 0 saturated carbocycles. The van der Waals surface area contributed by atoms with Crippen molar-refractivity contribution in [3.05, 3.63) is 77.9 Å². The van der Waals surface area contributed by atoms with Crippen LogP contribution >= 0.6 is 24.0 Å². The third-order valence-electron chi connectivity index (χ3n) is 4.70. The first-order chi connectivity index (χ1) is 12.8. The van der Waals surface area contributed by atoms with Gasteiger partial charge in [-0.05, 0) is 29.7 Å². The molecule has 4 rings (SSSR count). The summed E-state index contributed by atoms with van der Waals surface area (Å²) in [5.41, 5.74) is 3.85. The first kappa shape index (κ1) is 19.3. The Hall–Kier alpha value is -2.42. The normalized spacial score (nSPS) is 13.7. The van der Waals surface area contributed by atoms with Gasteiger partial charge in [0.1, 0.15) is 6.33 Å². The molecule has 1 N–H and O–H groups in total. The lowest BCUT2D eigenvalue weighted by atomic mass is 10.0. The lowest BCUT2D eigenvalue weighted by molar-refractivity contribution is 0.378. The summed E-state index contributed by atoms with van der Waals surface area (Å²) in [7, 11) is 1.82. The number of halogens is 1. The molecule has 0 aliphatic carbocycles. The van der Waals surface area contributed by atoms with E-state index in [0.717, 1.165) is 37.0 Å². The number of hydrogen-bond donors (Lipinski definition) is 1. The number of aliphatic imine (C=N–C) groups is 1. The van der Waals surface area contributed by atoms with Crippen molar-refractivity contribution in [1.29, 1.82) is 0 Å². The summed E-state index contributed by atoms with van der Waals surface area (Å²) < 4.78 is 1.99. The van der Waals surface area contributed by atoms with Gasteiger partial charge in [-0.2, -0.15) is 0 Å². The lowest BCUT2D eigenvalue weighted by Gasteiger charge is -2.31. The van der Waals surface area contributed by atoms with E-state index < -0.39 is 0 Å². The van der Waals surface area contributed by atoms with E-state index in [0.29, 0.717) is 6.54 Å². The molecule has 0 saturated heterocycles. The maximum atomic E-state index is 4.46. The molecule has 0 atom stereocenters. The van der Waals surface area contributed by atoms with Crippen molar-refractivity contribution < 1.29 is 0 Å². The van der Waals surface area contributed by atoms with E-state index in [-0.39, 0.29) is 24.0 Å². The Kier molecular flexibility index (Phi) is 6.44. The van der Waals surface area contributed by atoms with Crippen LogP contribution < -0.4 is 5.32 Å². The highest BCUT2D eigenvalue weighted by molar-refractivity contribution is 14.0. The second-order valence-electron chi connectivity index (χ2n) is 6.29. The highest BCUT2D eigenvalue weighted by Gasteiger charge is 2.19. The van der Waals surface area contributed by atoms with Crippen LogP contribution in [0.25, 0.3) is 5.69 Å². The molecule has 1 aliphatic heterocycles. The zero-order valence-corrected chi connectivity index (χ0v) is 17.6. The largest absolute Gasteiger partial charge is 0.349 e. The van der Waals surface area contributed by atoms with E-state index in [4.69, 9.17) is 0 Å². The van der Waals surface area contributed by atoms with Gasteiger partial charge in [0, 0.05) is 25.8 Å². The summed E-state index contributed by atoms with van der Waals surface area (Å²) in [5, 5.41) is 11.8. The minimum absolute atomic E-state index is 0. The number of fused-ring (bicyclic) bond motifs is 1. The van der Waals surface area contributed by atoms with Gasteiger partial charge in [-0.15, -0.1) is 34.2 Å². The van der Waals surface area contributed by atoms with Gasteiger partial charge in [0.05, 0.1) is 6.54 Å². The molecule has 0 amide bonds. The Morgan fingerprint density at radius 2 is 1.81 bits per heavy atom. The van der Waals surface area contributed by atoms with E-state index in [1.54, 1.807) is 6.33 Å². The predicted molar refractivity (Wildman–Crippen MR) is 118 cm³/mol. The van der Waals surface area contributed by atoms with Crippen LogP contribution in [0.2, 0.25) is 0 Å². The average molecular weight is 474 g/mol. The van der Waals surface area contributed by atoms with Gasteiger partial charge in [-0.3, -0.25) is 9.56 Å². The monoisotopic (exact) mass is 474 g/mol. The maximum Gasteiger partial charge on any atom is 0.194 e. The van der Waals surface area contributed by atoms with Crippen molar-refractivity contribution in [2.45, 2.75) is 19.5 Å². The topological polar surface area (TPSA) is 58.3 Å². The number of guanidine groups is 1. The molecule has 2 aromatic carbocycles. The van der Waals surface area contributed by atoms with Crippen LogP contribution in [0.1, 0.15) is 17.0 Å². The molecule has 0 bridgehead atoms. The Morgan fingerprint density at radius 1 is 1.07 bits per heavy atom. The standard InChI is InChI=1S/C20H22N6.HI/c1-21-20(25-12-11-16-7-5-6-8-17(16)14-25)22-13-19-24-23-15-26(19)18-9-3-2-4-10-18;/h2-10,15H,11-14H2,1H3,(H,21,22);1H. The number of para-hydroxylation sites is 1. The molecule has 0 radical (unpaired) electrons. The van der Waals surface area contributed by atoms with E-state index in [1.807, 2.05) is 41.9 Å². The van der Waals surface area contributed by atoms with Crippen molar-refractivity contribution in [2.24, 2.45) is 4.99 Å². The fourth-order valence-electron chi connectivity index (χ4n) is 3.35. The lowest BCUT2D eigenvalue weighted by Crippen LogP contribution is -2.44. The van der Waals surface area contributed by atoms with Crippen LogP contribution in [-0.2, 0) is 19.5 Å². The fourth-order valence-corrected chi connectivity index (χ4v) is 3.35. The smallest absolute Gasteiger partial charge is 0.194 e. The first-order valence-electron chi connectivity index (χ1n) is 8.82. The SMILES string of the molecule is CN=C(NCc1nncn1-c1ccccc1)N1CCc2ccccc2C1.I. The first-order valence-corrected chi connectivity index (χ1v) is 8.82. The van der Waals surface area contributed by atoms with E-state index in [1.165, 1.54) is 11.1 Å². The van der Waals surface area contributed by atoms with Crippen molar-refractivity contribution in [2.75, 3.05) is 13.6 Å². The van der Waals surface area contributed by atoms with E-state index in [2.05, 4.69) is 49.7 Å². The summed E-state index contributed by atoms with van der Waals surface area (Å²) >= 11 is 0. The zero-order chi connectivity index (χ0) is 17.8. The Morgan fingerprint density at radius 3 is 2.59 bits per heavy atom. The Labute approximate surface area is 176 Å². The molecule has 0 fully saturated rings. The maximum absolute atomic E-state index is 4.46. The molecular weight excluding hydrogens is 451 g/mol. The third-order valence-corrected chi connectivity index (χ3v) is 4.70. The van der Waals surface area contributed by atoms with Gasteiger partial charge < -0.3 is 10.2 Å². The molecule has 140 valence electrons. The van der Waals surface area contributed by atoms with E-state index >= 15 is 0 Å². The van der Waals surface area contributed by atoms with Gasteiger partial charge in [0.25, 0.3) is 0 Å². The summed E-state index contributed by atoms with van der Waals surface area (Å²) in [6.07, 6.45) is 2.78. The molecule has 7 heteroatoms. The molecule has 27 heavy (non-hydrogen) atoms. The Balaban J connectivity index is 0.00000210. The van der Waals surface area contributed by atoms with Crippen LogP contribution in [-0.4, -0.2) is 39.2 Å². The predicted octanol–water partition coefficient (Wildman–Crippen LogP) is 3.02.